The van der Waals surface area contributed by atoms with Crippen LogP contribution in [0, 0.1) is 17.5 Å². The van der Waals surface area contributed by atoms with E-state index in [0.29, 0.717) is 76.5 Å². The van der Waals surface area contributed by atoms with Crippen LogP contribution in [0.15, 0.2) is 179 Å². The third-order valence-electron chi connectivity index (χ3n) is 23.2. The molecule has 4 aliphatic rings. The quantitative estimate of drug-likeness (QED) is 0.0157. The van der Waals surface area contributed by atoms with Gasteiger partial charge in [0.1, 0.15) is 23.2 Å². The maximum atomic E-state index is 14.5. The van der Waals surface area contributed by atoms with Crippen LogP contribution in [0.4, 0.5) is 13.2 Å². The van der Waals surface area contributed by atoms with Crippen molar-refractivity contribution in [3.8, 4) is 51.7 Å². The topological polar surface area (TPSA) is 276 Å². The zero-order valence-electron chi connectivity index (χ0n) is 76.6. The molecule has 4 heterocycles. The molecule has 1 saturated heterocycles. The average Bonchev–Trinajstić information content (AvgIpc) is 1.62. The monoisotopic (exact) mass is 1790 g/mol. The summed E-state index contributed by atoms with van der Waals surface area (Å²) in [5.74, 6) is 0.567. The standard InChI is InChI=1S/C43H55FN2O5.C32H34FN3O6.C30H29FN2O5/c1-5-6-7-8-9-10-11-12-13-14-15-16-17-20-42(48)51-43-39(49-3)25-33(26-40(43)50-4)24-36-31(2)37(38-27-34(44)21-22-35(36)38)28-41(47)46-30-32-19-18-23-45-29-32;1-20-25(24-7-6-22(33)16-27(24)26(20)17-30(37)35-18-23-5-4-12-41-23)13-21-14-28(39-2)32(29(15-21)40-3)42-31(38)19-36-10-8-34-9-11-36;1-5-29(35)38-30-26(36-3)13-19(14-27(30)37-4)12-23-18(2)24(25-15-20(31)9-10-22(23)25)16-28(34)33-17-21-8-6-7-11-32-21/h18-19,21-27,29H,5-17,20,28,30H2,1-4H3,(H,46,47);4-7,12-16,34H,8-11,17-19H2,1-3H3,(H,35,37);6-15H,5,16-17H2,1-4H3,(H,33,34). The van der Waals surface area contributed by atoms with Crippen LogP contribution in [0.2, 0.25) is 0 Å². The normalized spacial score (nSPS) is 14.0. The van der Waals surface area contributed by atoms with E-state index in [4.69, 9.17) is 47.0 Å². The highest BCUT2D eigenvalue weighted by molar-refractivity contribution is 6.11. The number of allylic oxidation sites excluding steroid dienone is 6. The molecule has 0 saturated carbocycles. The number of furan rings is 1. The van der Waals surface area contributed by atoms with Gasteiger partial charge in [-0.05, 0) is 254 Å². The third kappa shape index (κ3) is 27.4. The second-order valence-electron chi connectivity index (χ2n) is 32.2. The Bertz CT molecular complexity index is 5620. The second-order valence-corrected chi connectivity index (χ2v) is 32.2. The molecule has 0 radical (unpaired) electrons. The number of methoxy groups -OCH3 is 6. The van der Waals surface area contributed by atoms with E-state index in [1.54, 1.807) is 98.5 Å². The zero-order chi connectivity index (χ0) is 93.3. The number of nitrogens with zero attached hydrogens (tertiary/aromatic N) is 3. The Labute approximate surface area is 764 Å². The molecule has 0 atom stereocenters. The second kappa shape index (κ2) is 49.5. The molecule has 0 spiro atoms. The van der Waals surface area contributed by atoms with Crippen LogP contribution in [-0.4, -0.2) is 126 Å². The predicted octanol–water partition coefficient (Wildman–Crippen LogP) is 20.5. The van der Waals surface area contributed by atoms with Crippen molar-refractivity contribution in [1.82, 2.24) is 36.1 Å². The van der Waals surface area contributed by atoms with Crippen LogP contribution in [0.1, 0.15) is 217 Å². The molecule has 13 rings (SSSR count). The molecule has 4 N–H and O–H groups in total. The van der Waals surface area contributed by atoms with E-state index in [1.807, 2.05) is 74.2 Å². The van der Waals surface area contributed by atoms with Gasteiger partial charge in [-0.15, -0.1) is 0 Å². The molecule has 3 amide bonds. The molecular weight excluding hydrogens is 1670 g/mol. The van der Waals surface area contributed by atoms with Gasteiger partial charge in [-0.3, -0.25) is 43.6 Å². The Morgan fingerprint density at radius 2 is 0.840 bits per heavy atom. The summed E-state index contributed by atoms with van der Waals surface area (Å²) in [5.41, 5.74) is 15.7. The van der Waals surface area contributed by atoms with Crippen molar-refractivity contribution in [3.05, 3.63) is 260 Å². The first kappa shape index (κ1) is 98.3. The lowest BCUT2D eigenvalue weighted by Crippen LogP contribution is -2.46. The summed E-state index contributed by atoms with van der Waals surface area (Å²) >= 11 is 0. The number of carbonyl (C=O) groups is 6. The number of rotatable bonds is 41. The summed E-state index contributed by atoms with van der Waals surface area (Å²) in [6.45, 7) is 14.0. The lowest BCUT2D eigenvalue weighted by atomic mass is 10.00. The molecule has 1 aliphatic heterocycles. The molecule has 23 nitrogen and oxygen atoms in total. The lowest BCUT2D eigenvalue weighted by molar-refractivity contribution is -0.136. The van der Waals surface area contributed by atoms with Crippen molar-refractivity contribution in [3.63, 3.8) is 0 Å². The molecule has 3 aliphatic carbocycles. The lowest BCUT2D eigenvalue weighted by Gasteiger charge is -2.26. The van der Waals surface area contributed by atoms with Crippen LogP contribution in [0.3, 0.4) is 0 Å². The predicted molar refractivity (Wildman–Crippen MR) is 503 cm³/mol. The van der Waals surface area contributed by atoms with Gasteiger partial charge < -0.3 is 68.3 Å². The molecule has 6 aromatic carbocycles. The van der Waals surface area contributed by atoms with Gasteiger partial charge in [0.2, 0.25) is 35.0 Å². The number of aromatic nitrogens is 2. The van der Waals surface area contributed by atoms with Crippen LogP contribution in [0.5, 0.6) is 51.7 Å². The Kier molecular flexibility index (Phi) is 37.1. The van der Waals surface area contributed by atoms with Gasteiger partial charge in [0, 0.05) is 64.2 Å². The fourth-order valence-electron chi connectivity index (χ4n) is 16.2. The summed E-state index contributed by atoms with van der Waals surface area (Å²) in [6, 6.07) is 37.1. The summed E-state index contributed by atoms with van der Waals surface area (Å²) in [6.07, 6.45) is 29.3. The van der Waals surface area contributed by atoms with E-state index in [2.05, 4.69) is 38.2 Å². The van der Waals surface area contributed by atoms with Gasteiger partial charge in [0.05, 0.1) is 93.5 Å². The van der Waals surface area contributed by atoms with Gasteiger partial charge in [-0.1, -0.05) is 121 Å². The molecular formula is C105H118F3N7O16. The van der Waals surface area contributed by atoms with Crippen LogP contribution in [0.25, 0.3) is 51.7 Å². The van der Waals surface area contributed by atoms with Crippen molar-refractivity contribution in [2.24, 2.45) is 0 Å². The average molecular weight is 1790 g/mol. The Hall–Kier alpha value is -13.3. The molecule has 131 heavy (non-hydrogen) atoms. The first-order valence-electron chi connectivity index (χ1n) is 44.7. The van der Waals surface area contributed by atoms with Crippen LogP contribution < -0.4 is 63.9 Å². The Balaban J connectivity index is 0.000000192. The zero-order valence-corrected chi connectivity index (χ0v) is 76.6. The molecule has 0 bridgehead atoms. The summed E-state index contributed by atoms with van der Waals surface area (Å²) < 4.78 is 98.8. The number of esters is 3. The minimum Gasteiger partial charge on any atom is -0.493 e. The number of halogens is 3. The minimum atomic E-state index is -0.413. The highest BCUT2D eigenvalue weighted by Gasteiger charge is 2.32. The minimum absolute atomic E-state index is 0.0783. The SMILES string of the molecule is CCC(=O)Oc1c(OC)cc(C=C2C(C)=C(CC(=O)NCc3ccccn3)c3cc(F)ccc32)cc1OC.CCCCCCCCCCCCCCCC(=O)Oc1c(OC)cc(C=C2C(C)=C(CC(=O)NCc3cccnc3)c3cc(F)ccc32)cc1OC.COc1cc(C=C2C(C)=C(CC(=O)NCc3ccco3)c3cc(F)ccc32)cc(OC)c1OC(=O)CN1CCNCC1. The fraction of sp³-hybridized carbons (Fsp3) is 0.352. The van der Waals surface area contributed by atoms with E-state index < -0.39 is 11.9 Å². The first-order chi connectivity index (χ1) is 63.5. The molecule has 1 fully saturated rings. The fourth-order valence-corrected chi connectivity index (χ4v) is 16.2. The highest BCUT2D eigenvalue weighted by Crippen LogP contribution is 2.50. The third-order valence-corrected chi connectivity index (χ3v) is 23.2. The van der Waals surface area contributed by atoms with Crippen molar-refractivity contribution in [2.45, 2.75) is 170 Å². The van der Waals surface area contributed by atoms with Crippen molar-refractivity contribution >= 4 is 87.3 Å². The number of ether oxygens (including phenoxy) is 9. The number of benzene rings is 6. The number of hydrogen-bond acceptors (Lipinski definition) is 20. The summed E-state index contributed by atoms with van der Waals surface area (Å²) in [7, 11) is 9.01. The summed E-state index contributed by atoms with van der Waals surface area (Å²) in [5, 5.41) is 12.0. The van der Waals surface area contributed by atoms with Gasteiger partial charge in [-0.25, -0.2) is 13.2 Å². The molecule has 26 heteroatoms. The van der Waals surface area contributed by atoms with Crippen molar-refractivity contribution in [2.75, 3.05) is 75.4 Å². The van der Waals surface area contributed by atoms with Crippen molar-refractivity contribution < 1.29 is 89.0 Å². The number of amides is 3. The molecule has 690 valence electrons. The van der Waals surface area contributed by atoms with Gasteiger partial charge >= 0.3 is 17.9 Å². The van der Waals surface area contributed by atoms with Gasteiger partial charge in [-0.2, -0.15) is 0 Å². The maximum absolute atomic E-state index is 14.5. The van der Waals surface area contributed by atoms with E-state index in [9.17, 15) is 41.9 Å². The molecule has 0 unspecified atom stereocenters. The van der Waals surface area contributed by atoms with Gasteiger partial charge in [0.25, 0.3) is 0 Å². The van der Waals surface area contributed by atoms with Crippen LogP contribution in [-0.2, 0) is 48.4 Å². The molecule has 9 aromatic rings. The molecule has 3 aromatic heterocycles. The number of pyridine rings is 2. The van der Waals surface area contributed by atoms with E-state index in [0.717, 1.165) is 140 Å². The summed E-state index contributed by atoms with van der Waals surface area (Å²) in [4.78, 5) is 86.5. The number of carbonyl (C=O) groups excluding carboxylic acids is 6. The Morgan fingerprint density at radius 3 is 1.22 bits per heavy atom. The smallest absolute Gasteiger partial charge is 0.325 e. The largest absolute Gasteiger partial charge is 0.493 e. The van der Waals surface area contributed by atoms with E-state index in [1.165, 1.54) is 143 Å². The highest BCUT2D eigenvalue weighted by atomic mass is 19.1. The number of fused-ring (bicyclic) bond motifs is 3. The van der Waals surface area contributed by atoms with E-state index >= 15 is 0 Å². The maximum Gasteiger partial charge on any atom is 0.325 e. The van der Waals surface area contributed by atoms with E-state index in [-0.39, 0.29) is 97.2 Å². The van der Waals surface area contributed by atoms with Crippen molar-refractivity contribution in [1.29, 1.82) is 0 Å². The number of nitrogens with one attached hydrogen (secondary N) is 4. The number of unbranched alkanes of at least 4 members (excludes halogenated alkanes) is 12. The van der Waals surface area contributed by atoms with Crippen LogP contribution >= 0.6 is 0 Å². The number of hydrogen-bond donors (Lipinski definition) is 4. The first-order valence-corrected chi connectivity index (χ1v) is 44.7. The van der Waals surface area contributed by atoms with Gasteiger partial charge in [0.15, 0.2) is 34.5 Å². The Morgan fingerprint density at radius 1 is 0.435 bits per heavy atom. The number of piperazine rings is 1.